The van der Waals surface area contributed by atoms with E-state index in [1.165, 1.54) is 27.7 Å². The standard InChI is InChI=1S/C26H37N4O/c1-18-23-19-10-8-9-11-20(19)30(15-13-28(6)7)25(23)24-21(29(18)14-12-27(4)5)16-26(2,3)17-22(24)31/h8-11H,12-17H2,1-7H3/q+1. The highest BCUT2D eigenvalue weighted by Crippen LogP contribution is 2.40. The first-order chi connectivity index (χ1) is 14.6. The molecule has 0 spiro atoms. The first kappa shape index (κ1) is 22.0. The van der Waals surface area contributed by atoms with Crippen molar-refractivity contribution in [2.24, 2.45) is 5.41 Å². The Morgan fingerprint density at radius 1 is 1.03 bits per heavy atom. The third kappa shape index (κ3) is 3.90. The Labute approximate surface area is 186 Å². The molecule has 0 fully saturated rings. The van der Waals surface area contributed by atoms with Gasteiger partial charge in [0.05, 0.1) is 17.4 Å². The van der Waals surface area contributed by atoms with Crippen molar-refractivity contribution >= 4 is 27.6 Å². The van der Waals surface area contributed by atoms with E-state index in [4.69, 9.17) is 0 Å². The van der Waals surface area contributed by atoms with Crippen LogP contribution in [0.15, 0.2) is 24.3 Å². The minimum absolute atomic E-state index is 0.00938. The third-order valence-corrected chi connectivity index (χ3v) is 6.69. The molecule has 0 N–H and O–H groups in total. The van der Waals surface area contributed by atoms with Crippen molar-refractivity contribution in [3.05, 3.63) is 41.2 Å². The summed E-state index contributed by atoms with van der Waals surface area (Å²) in [4.78, 5) is 18.1. The number of ketones is 1. The van der Waals surface area contributed by atoms with E-state index >= 15 is 0 Å². The van der Waals surface area contributed by atoms with Gasteiger partial charge in [-0.3, -0.25) is 4.79 Å². The van der Waals surface area contributed by atoms with Gasteiger partial charge in [0.25, 0.3) is 0 Å². The van der Waals surface area contributed by atoms with E-state index in [9.17, 15) is 4.79 Å². The second-order valence-electron chi connectivity index (χ2n) is 10.5. The van der Waals surface area contributed by atoms with E-state index in [1.54, 1.807) is 0 Å². The Morgan fingerprint density at radius 3 is 2.39 bits per heavy atom. The Morgan fingerprint density at radius 2 is 1.71 bits per heavy atom. The van der Waals surface area contributed by atoms with Gasteiger partial charge in [0.1, 0.15) is 5.56 Å². The highest BCUT2D eigenvalue weighted by Gasteiger charge is 2.41. The summed E-state index contributed by atoms with van der Waals surface area (Å²) in [5.74, 6) is 0.295. The number of hydrogen-bond acceptors (Lipinski definition) is 3. The van der Waals surface area contributed by atoms with Gasteiger partial charge in [-0.15, -0.1) is 0 Å². The number of nitrogens with zero attached hydrogens (tertiary/aromatic N) is 4. The topological polar surface area (TPSA) is 32.4 Å². The number of rotatable bonds is 6. The van der Waals surface area contributed by atoms with Crippen LogP contribution in [-0.4, -0.2) is 61.4 Å². The largest absolute Gasteiger partial charge is 0.338 e. The summed E-state index contributed by atoms with van der Waals surface area (Å²) in [6.07, 6.45) is 1.55. The molecule has 0 atom stereocenters. The zero-order valence-electron chi connectivity index (χ0n) is 20.2. The average Bonchev–Trinajstić information content (AvgIpc) is 2.99. The van der Waals surface area contributed by atoms with Crippen molar-refractivity contribution in [1.29, 1.82) is 0 Å². The maximum atomic E-state index is 13.6. The van der Waals surface area contributed by atoms with Gasteiger partial charge in [0, 0.05) is 43.8 Å². The molecule has 166 valence electrons. The van der Waals surface area contributed by atoms with Crippen molar-refractivity contribution in [2.75, 3.05) is 41.3 Å². The van der Waals surface area contributed by atoms with Crippen LogP contribution in [0.1, 0.15) is 42.0 Å². The number of aryl methyl sites for hydroxylation is 1. The van der Waals surface area contributed by atoms with Crippen molar-refractivity contribution in [2.45, 2.75) is 46.7 Å². The number of carbonyl (C=O) groups excluding carboxylic acids is 1. The molecule has 31 heavy (non-hydrogen) atoms. The van der Waals surface area contributed by atoms with Gasteiger partial charge in [-0.05, 0) is 39.7 Å². The first-order valence-corrected chi connectivity index (χ1v) is 11.4. The molecular weight excluding hydrogens is 384 g/mol. The summed E-state index contributed by atoms with van der Waals surface area (Å²) < 4.78 is 4.85. The van der Waals surface area contributed by atoms with Crippen LogP contribution in [0.25, 0.3) is 21.8 Å². The molecule has 3 aromatic rings. The van der Waals surface area contributed by atoms with E-state index in [0.29, 0.717) is 12.2 Å². The number of pyridine rings is 1. The van der Waals surface area contributed by atoms with E-state index in [1.807, 2.05) is 0 Å². The van der Waals surface area contributed by atoms with Gasteiger partial charge in [0.15, 0.2) is 23.7 Å². The minimum Gasteiger partial charge on any atom is -0.338 e. The maximum Gasteiger partial charge on any atom is 0.195 e. The van der Waals surface area contributed by atoms with Gasteiger partial charge in [0.2, 0.25) is 0 Å². The van der Waals surface area contributed by atoms with Crippen molar-refractivity contribution < 1.29 is 9.36 Å². The van der Waals surface area contributed by atoms with Gasteiger partial charge in [-0.2, -0.15) is 4.57 Å². The molecular formula is C26H37N4O+. The Hall–Kier alpha value is -2.24. The lowest BCUT2D eigenvalue weighted by Gasteiger charge is -2.29. The van der Waals surface area contributed by atoms with Crippen LogP contribution in [0.4, 0.5) is 0 Å². The summed E-state index contributed by atoms with van der Waals surface area (Å²) in [6.45, 7) is 10.4. The SMILES string of the molecule is Cc1c2c3ccccc3n(CCN(C)C)c2c2c([n+]1CCN(C)C)CC(C)(C)CC2=O. The van der Waals surface area contributed by atoms with Crippen molar-refractivity contribution in [3.63, 3.8) is 0 Å². The molecule has 0 saturated carbocycles. The molecule has 2 heterocycles. The summed E-state index contributed by atoms with van der Waals surface area (Å²) in [6, 6.07) is 8.65. The number of hydrogen-bond donors (Lipinski definition) is 0. The number of para-hydroxylation sites is 1. The van der Waals surface area contributed by atoms with Crippen LogP contribution in [0.2, 0.25) is 0 Å². The molecule has 4 rings (SSSR count). The molecule has 5 heteroatoms. The van der Waals surface area contributed by atoms with E-state index < -0.39 is 0 Å². The molecule has 0 radical (unpaired) electrons. The average molecular weight is 422 g/mol. The number of aromatic nitrogens is 2. The van der Waals surface area contributed by atoms with Gasteiger partial charge in [-0.1, -0.05) is 32.0 Å². The predicted octanol–water partition coefficient (Wildman–Crippen LogP) is 3.67. The number of fused-ring (bicyclic) bond motifs is 5. The first-order valence-electron chi connectivity index (χ1n) is 11.4. The molecule has 0 unspecified atom stereocenters. The van der Waals surface area contributed by atoms with Crippen LogP contribution < -0.4 is 4.57 Å². The molecule has 1 aliphatic rings. The summed E-state index contributed by atoms with van der Waals surface area (Å²) in [5, 5.41) is 2.51. The Bertz CT molecular complexity index is 1150. The lowest BCUT2D eigenvalue weighted by molar-refractivity contribution is -0.708. The molecule has 1 aliphatic carbocycles. The van der Waals surface area contributed by atoms with E-state index in [2.05, 4.69) is 92.2 Å². The summed E-state index contributed by atoms with van der Waals surface area (Å²) >= 11 is 0. The molecule has 0 amide bonds. The van der Waals surface area contributed by atoms with E-state index in [0.717, 1.165) is 43.7 Å². The molecule has 0 bridgehead atoms. The molecule has 5 nitrogen and oxygen atoms in total. The van der Waals surface area contributed by atoms with Crippen LogP contribution >= 0.6 is 0 Å². The zero-order chi connectivity index (χ0) is 22.5. The summed E-state index contributed by atoms with van der Waals surface area (Å²) in [5.41, 5.74) is 5.84. The summed E-state index contributed by atoms with van der Waals surface area (Å²) in [7, 11) is 8.45. The van der Waals surface area contributed by atoms with Crippen LogP contribution in [0.5, 0.6) is 0 Å². The number of carbonyl (C=O) groups is 1. The second-order valence-corrected chi connectivity index (χ2v) is 10.5. The zero-order valence-corrected chi connectivity index (χ0v) is 20.2. The van der Waals surface area contributed by atoms with Gasteiger partial charge in [-0.25, -0.2) is 0 Å². The van der Waals surface area contributed by atoms with Gasteiger partial charge < -0.3 is 14.4 Å². The van der Waals surface area contributed by atoms with E-state index in [-0.39, 0.29) is 5.41 Å². The van der Waals surface area contributed by atoms with Crippen molar-refractivity contribution in [3.8, 4) is 0 Å². The quantitative estimate of drug-likeness (QED) is 0.569. The fourth-order valence-corrected chi connectivity index (χ4v) is 5.19. The fraction of sp³-hybridized carbons (Fsp3) is 0.538. The normalized spacial score (nSPS) is 16.1. The second kappa shape index (κ2) is 8.03. The van der Waals surface area contributed by atoms with Crippen LogP contribution in [0.3, 0.4) is 0 Å². The fourth-order valence-electron chi connectivity index (χ4n) is 5.19. The predicted molar refractivity (Wildman–Crippen MR) is 128 cm³/mol. The number of benzene rings is 1. The van der Waals surface area contributed by atoms with Gasteiger partial charge >= 0.3 is 0 Å². The highest BCUT2D eigenvalue weighted by atomic mass is 16.1. The number of Topliss-reactive ketones (excluding diaryl/α,β-unsaturated/α-hetero) is 1. The Balaban J connectivity index is 2.10. The molecule has 1 aromatic carbocycles. The number of likely N-dealkylation sites (N-methyl/N-ethyl adjacent to an activating group) is 2. The molecule has 0 aliphatic heterocycles. The maximum absolute atomic E-state index is 13.6. The third-order valence-electron chi connectivity index (χ3n) is 6.69. The molecule has 0 saturated heterocycles. The molecule has 2 aromatic heterocycles. The van der Waals surface area contributed by atoms with Crippen molar-refractivity contribution in [1.82, 2.24) is 14.4 Å². The minimum atomic E-state index is -0.00938. The lowest BCUT2D eigenvalue weighted by atomic mass is 9.75. The highest BCUT2D eigenvalue weighted by molar-refractivity contribution is 6.17. The Kier molecular flexibility index (Phi) is 5.69. The van der Waals surface area contributed by atoms with Crippen LogP contribution in [0, 0.1) is 12.3 Å². The smallest absolute Gasteiger partial charge is 0.195 e. The lowest BCUT2D eigenvalue weighted by Crippen LogP contribution is -2.49. The monoisotopic (exact) mass is 421 g/mol. The van der Waals surface area contributed by atoms with Crippen LogP contribution in [-0.2, 0) is 19.5 Å².